The summed E-state index contributed by atoms with van der Waals surface area (Å²) in [6.45, 7) is 3.82. The molecular weight excluding hydrogens is 316 g/mol. The molecule has 1 fully saturated rings. The molecule has 6 heteroatoms. The highest BCUT2D eigenvalue weighted by molar-refractivity contribution is 5.76. The molecule has 0 saturated carbocycles. The van der Waals surface area contributed by atoms with E-state index in [1.165, 1.54) is 5.56 Å². The van der Waals surface area contributed by atoms with Crippen LogP contribution in [0.4, 0.5) is 0 Å². The van der Waals surface area contributed by atoms with Gasteiger partial charge in [0.2, 0.25) is 5.91 Å². The minimum absolute atomic E-state index is 0.0236. The van der Waals surface area contributed by atoms with E-state index in [2.05, 4.69) is 44.5 Å². The fraction of sp³-hybridized carbons (Fsp3) is 0.421. The Balaban J connectivity index is 1.39. The average molecular weight is 340 g/mol. The third-order valence-electron chi connectivity index (χ3n) is 4.20. The van der Waals surface area contributed by atoms with Crippen LogP contribution in [0.25, 0.3) is 0 Å². The van der Waals surface area contributed by atoms with Crippen LogP contribution in [0.2, 0.25) is 0 Å². The van der Waals surface area contributed by atoms with E-state index in [0.29, 0.717) is 26.0 Å². The first-order chi connectivity index (χ1) is 12.3. The molecule has 1 aliphatic rings. The van der Waals surface area contributed by atoms with Crippen molar-refractivity contribution in [3.8, 4) is 0 Å². The number of nitrogens with one attached hydrogen (secondary N) is 1. The standard InChI is InChI=1S/C19H24N4O2/c24-19(22-7-6-17-13-20-8-9-21-17)12-18-15-23(10-11-25-18)14-16-4-2-1-3-5-16/h1-5,8-9,13,18H,6-7,10-12,14-15H2,(H,22,24). The number of morpholine rings is 1. The molecule has 2 aromatic rings. The van der Waals surface area contributed by atoms with Gasteiger partial charge in [0.15, 0.2) is 0 Å². The molecule has 1 unspecified atom stereocenters. The predicted octanol–water partition coefficient (Wildman–Crippen LogP) is 1.43. The zero-order valence-corrected chi connectivity index (χ0v) is 14.3. The van der Waals surface area contributed by atoms with Gasteiger partial charge < -0.3 is 10.1 Å². The summed E-state index contributed by atoms with van der Waals surface area (Å²) in [5.41, 5.74) is 2.17. The molecule has 3 rings (SSSR count). The highest BCUT2D eigenvalue weighted by Crippen LogP contribution is 2.12. The zero-order valence-electron chi connectivity index (χ0n) is 14.3. The fourth-order valence-electron chi connectivity index (χ4n) is 2.96. The first-order valence-electron chi connectivity index (χ1n) is 8.69. The van der Waals surface area contributed by atoms with Gasteiger partial charge in [-0.25, -0.2) is 0 Å². The van der Waals surface area contributed by atoms with Gasteiger partial charge >= 0.3 is 0 Å². The van der Waals surface area contributed by atoms with Crippen LogP contribution >= 0.6 is 0 Å². The summed E-state index contributed by atoms with van der Waals surface area (Å²) >= 11 is 0. The number of ether oxygens (including phenoxy) is 1. The molecule has 0 radical (unpaired) electrons. The first kappa shape index (κ1) is 17.5. The molecular formula is C19H24N4O2. The maximum absolute atomic E-state index is 12.1. The van der Waals surface area contributed by atoms with Crippen molar-refractivity contribution in [1.82, 2.24) is 20.2 Å². The van der Waals surface area contributed by atoms with E-state index >= 15 is 0 Å². The lowest BCUT2D eigenvalue weighted by molar-refractivity contribution is -0.126. The normalized spacial score (nSPS) is 18.0. The van der Waals surface area contributed by atoms with Gasteiger partial charge in [-0.2, -0.15) is 0 Å². The second kappa shape index (κ2) is 9.25. The van der Waals surface area contributed by atoms with Crippen LogP contribution in [0.1, 0.15) is 17.7 Å². The molecule has 132 valence electrons. The minimum Gasteiger partial charge on any atom is -0.375 e. The van der Waals surface area contributed by atoms with Crippen LogP contribution in [0.5, 0.6) is 0 Å². The van der Waals surface area contributed by atoms with Crippen LogP contribution in [0, 0.1) is 0 Å². The van der Waals surface area contributed by atoms with Crippen molar-refractivity contribution in [2.24, 2.45) is 0 Å². The number of aromatic nitrogens is 2. The molecule has 2 heterocycles. The van der Waals surface area contributed by atoms with Gasteiger partial charge in [-0.05, 0) is 5.56 Å². The van der Waals surface area contributed by atoms with Gasteiger partial charge in [-0.3, -0.25) is 19.7 Å². The van der Waals surface area contributed by atoms with Gasteiger partial charge in [-0.1, -0.05) is 30.3 Å². The van der Waals surface area contributed by atoms with E-state index < -0.39 is 0 Å². The quantitative estimate of drug-likeness (QED) is 0.826. The van der Waals surface area contributed by atoms with E-state index in [1.54, 1.807) is 18.6 Å². The maximum Gasteiger partial charge on any atom is 0.222 e. The van der Waals surface area contributed by atoms with Gasteiger partial charge in [0.25, 0.3) is 0 Å². The lowest BCUT2D eigenvalue weighted by Crippen LogP contribution is -2.44. The summed E-state index contributed by atoms with van der Waals surface area (Å²) in [4.78, 5) is 22.7. The molecule has 1 amide bonds. The van der Waals surface area contributed by atoms with Crippen molar-refractivity contribution in [3.05, 3.63) is 60.2 Å². The number of hydrogen-bond acceptors (Lipinski definition) is 5. The van der Waals surface area contributed by atoms with Crippen molar-refractivity contribution >= 4 is 5.91 Å². The van der Waals surface area contributed by atoms with Crippen LogP contribution in [0.15, 0.2) is 48.9 Å². The number of carbonyl (C=O) groups is 1. The van der Waals surface area contributed by atoms with Crippen LogP contribution in [0.3, 0.4) is 0 Å². The van der Waals surface area contributed by atoms with E-state index in [1.807, 2.05) is 6.07 Å². The minimum atomic E-state index is -0.0472. The summed E-state index contributed by atoms with van der Waals surface area (Å²) in [5.74, 6) is 0.0236. The van der Waals surface area contributed by atoms with Gasteiger partial charge in [0.1, 0.15) is 0 Å². The Kier molecular flexibility index (Phi) is 6.48. The Morgan fingerprint density at radius 2 is 2.16 bits per heavy atom. The van der Waals surface area contributed by atoms with E-state index in [-0.39, 0.29) is 12.0 Å². The molecule has 1 saturated heterocycles. The average Bonchev–Trinajstić information content (AvgIpc) is 2.64. The van der Waals surface area contributed by atoms with Crippen molar-refractivity contribution < 1.29 is 9.53 Å². The molecule has 0 spiro atoms. The second-order valence-corrected chi connectivity index (χ2v) is 6.21. The highest BCUT2D eigenvalue weighted by atomic mass is 16.5. The molecule has 0 aliphatic carbocycles. The Hall–Kier alpha value is -2.31. The summed E-state index contributed by atoms with van der Waals surface area (Å²) in [5, 5.41) is 2.94. The summed E-state index contributed by atoms with van der Waals surface area (Å²) < 4.78 is 5.76. The van der Waals surface area contributed by atoms with Crippen LogP contribution < -0.4 is 5.32 Å². The maximum atomic E-state index is 12.1. The number of hydrogen-bond donors (Lipinski definition) is 1. The van der Waals surface area contributed by atoms with Crippen LogP contribution in [-0.4, -0.2) is 53.1 Å². The lowest BCUT2D eigenvalue weighted by atomic mass is 10.1. The van der Waals surface area contributed by atoms with Gasteiger partial charge in [0.05, 0.1) is 24.8 Å². The van der Waals surface area contributed by atoms with Crippen molar-refractivity contribution in [2.75, 3.05) is 26.2 Å². The largest absolute Gasteiger partial charge is 0.375 e. The van der Waals surface area contributed by atoms with E-state index in [0.717, 1.165) is 25.3 Å². The number of benzene rings is 1. The number of amides is 1. The molecule has 1 atom stereocenters. The van der Waals surface area contributed by atoms with Crippen molar-refractivity contribution in [2.45, 2.75) is 25.5 Å². The molecule has 1 aromatic carbocycles. The molecule has 1 N–H and O–H groups in total. The number of rotatable bonds is 7. The predicted molar refractivity (Wildman–Crippen MR) is 94.8 cm³/mol. The molecule has 1 aromatic heterocycles. The Morgan fingerprint density at radius 1 is 1.28 bits per heavy atom. The third kappa shape index (κ3) is 5.92. The Bertz CT molecular complexity index is 651. The van der Waals surface area contributed by atoms with E-state index in [9.17, 15) is 4.79 Å². The molecule has 1 aliphatic heterocycles. The third-order valence-corrected chi connectivity index (χ3v) is 4.20. The summed E-state index contributed by atoms with van der Waals surface area (Å²) in [6, 6.07) is 10.4. The van der Waals surface area contributed by atoms with Crippen molar-refractivity contribution in [1.29, 1.82) is 0 Å². The monoisotopic (exact) mass is 340 g/mol. The van der Waals surface area contributed by atoms with Gasteiger partial charge in [-0.15, -0.1) is 0 Å². The lowest BCUT2D eigenvalue weighted by Gasteiger charge is -2.32. The number of nitrogens with zero attached hydrogens (tertiary/aromatic N) is 3. The SMILES string of the molecule is O=C(CC1CN(Cc2ccccc2)CCO1)NCCc1cnccn1. The number of carbonyl (C=O) groups excluding carboxylic acids is 1. The highest BCUT2D eigenvalue weighted by Gasteiger charge is 2.22. The first-order valence-corrected chi connectivity index (χ1v) is 8.69. The van der Waals surface area contributed by atoms with E-state index in [4.69, 9.17) is 4.74 Å². The van der Waals surface area contributed by atoms with Crippen molar-refractivity contribution in [3.63, 3.8) is 0 Å². The second-order valence-electron chi connectivity index (χ2n) is 6.21. The topological polar surface area (TPSA) is 67.3 Å². The summed E-state index contributed by atoms with van der Waals surface area (Å²) in [6.07, 6.45) is 6.06. The summed E-state index contributed by atoms with van der Waals surface area (Å²) in [7, 11) is 0. The Labute approximate surface area is 148 Å². The van der Waals surface area contributed by atoms with Crippen LogP contribution in [-0.2, 0) is 22.5 Å². The smallest absolute Gasteiger partial charge is 0.222 e. The van der Waals surface area contributed by atoms with Gasteiger partial charge in [0, 0.05) is 51.2 Å². The molecule has 6 nitrogen and oxygen atoms in total. The molecule has 25 heavy (non-hydrogen) atoms. The fourth-order valence-corrected chi connectivity index (χ4v) is 2.96. The Morgan fingerprint density at radius 3 is 2.96 bits per heavy atom. The molecule has 0 bridgehead atoms. The zero-order chi connectivity index (χ0) is 17.3.